The maximum Gasteiger partial charge on any atom is 0.351 e. The van der Waals surface area contributed by atoms with Crippen molar-refractivity contribution >= 4 is 28.9 Å². The predicted molar refractivity (Wildman–Crippen MR) is 75.2 cm³/mol. The third kappa shape index (κ3) is 2.59. The van der Waals surface area contributed by atoms with E-state index >= 15 is 0 Å². The van der Waals surface area contributed by atoms with Gasteiger partial charge in [-0.3, -0.25) is 0 Å². The van der Waals surface area contributed by atoms with Crippen molar-refractivity contribution in [3.05, 3.63) is 33.8 Å². The first kappa shape index (κ1) is 14.3. The summed E-state index contributed by atoms with van der Waals surface area (Å²) in [5, 5.41) is 9.51. The molecule has 0 saturated heterocycles. The Labute approximate surface area is 124 Å². The normalized spacial score (nSPS) is 9.90. The van der Waals surface area contributed by atoms with Crippen molar-refractivity contribution in [1.82, 2.24) is 4.98 Å². The number of nitrogens with zero attached hydrogens (tertiary/aromatic N) is 2. The van der Waals surface area contributed by atoms with Crippen LogP contribution in [0.5, 0.6) is 5.75 Å². The number of hydrogen-bond acceptors (Lipinski definition) is 6. The average Bonchev–Trinajstić information content (AvgIpc) is 2.87. The minimum absolute atomic E-state index is 0.0706. The van der Waals surface area contributed by atoms with Gasteiger partial charge in [-0.25, -0.2) is 9.78 Å². The summed E-state index contributed by atoms with van der Waals surface area (Å²) in [6, 6.07) is 6.98. The fourth-order valence-electron chi connectivity index (χ4n) is 1.58. The molecule has 7 heteroatoms. The van der Waals surface area contributed by atoms with Gasteiger partial charge in [0.1, 0.15) is 10.8 Å². The number of esters is 1. The van der Waals surface area contributed by atoms with Crippen molar-refractivity contribution in [3.8, 4) is 22.4 Å². The Morgan fingerprint density at radius 1 is 1.45 bits per heavy atom. The van der Waals surface area contributed by atoms with E-state index in [9.17, 15) is 4.79 Å². The molecule has 0 spiro atoms. The summed E-state index contributed by atoms with van der Waals surface area (Å²) in [6.07, 6.45) is 0. The molecule has 0 atom stereocenters. The lowest BCUT2D eigenvalue weighted by Gasteiger charge is -2.05. The molecule has 1 aromatic heterocycles. The molecular formula is C13H9ClN2O3S. The van der Waals surface area contributed by atoms with Crippen molar-refractivity contribution in [2.45, 2.75) is 0 Å². The number of benzene rings is 1. The smallest absolute Gasteiger partial charge is 0.351 e. The number of aromatic nitrogens is 1. The molecule has 2 rings (SSSR count). The minimum Gasteiger partial charge on any atom is -0.496 e. The van der Waals surface area contributed by atoms with Gasteiger partial charge in [-0.2, -0.15) is 5.26 Å². The zero-order chi connectivity index (χ0) is 14.7. The number of carbonyl (C=O) groups is 1. The second-order valence-electron chi connectivity index (χ2n) is 3.66. The molecule has 0 radical (unpaired) electrons. The fraction of sp³-hybridized carbons (Fsp3) is 0.154. The summed E-state index contributed by atoms with van der Waals surface area (Å²) in [4.78, 5) is 15.9. The van der Waals surface area contributed by atoms with Gasteiger partial charge in [0.2, 0.25) is 0 Å². The molecule has 0 bridgehead atoms. The van der Waals surface area contributed by atoms with Crippen LogP contribution in [0.15, 0.2) is 18.2 Å². The lowest BCUT2D eigenvalue weighted by Crippen LogP contribution is -1.98. The molecule has 1 aromatic carbocycles. The molecule has 0 aliphatic carbocycles. The summed E-state index contributed by atoms with van der Waals surface area (Å²) < 4.78 is 9.86. The second kappa shape index (κ2) is 5.90. The highest BCUT2D eigenvalue weighted by Crippen LogP contribution is 2.36. The van der Waals surface area contributed by atoms with Gasteiger partial charge in [-0.15, -0.1) is 11.3 Å². The Morgan fingerprint density at radius 3 is 2.80 bits per heavy atom. The fourth-order valence-corrected chi connectivity index (χ4v) is 2.80. The van der Waals surface area contributed by atoms with E-state index in [1.165, 1.54) is 14.2 Å². The number of nitriles is 1. The van der Waals surface area contributed by atoms with Crippen molar-refractivity contribution in [2.75, 3.05) is 14.2 Å². The molecular weight excluding hydrogens is 300 g/mol. The first-order valence-corrected chi connectivity index (χ1v) is 6.63. The highest BCUT2D eigenvalue weighted by Gasteiger charge is 2.20. The van der Waals surface area contributed by atoms with Gasteiger partial charge in [0.15, 0.2) is 10.0 Å². The summed E-state index contributed by atoms with van der Waals surface area (Å²) in [5.74, 6) is -0.0000119. The van der Waals surface area contributed by atoms with Crippen molar-refractivity contribution in [1.29, 1.82) is 5.26 Å². The van der Waals surface area contributed by atoms with E-state index in [4.69, 9.17) is 21.6 Å². The summed E-state index contributed by atoms with van der Waals surface area (Å²) >= 11 is 7.02. The van der Waals surface area contributed by atoms with Crippen LogP contribution in [-0.4, -0.2) is 25.2 Å². The van der Waals surface area contributed by atoms with Crippen LogP contribution >= 0.6 is 22.9 Å². The maximum absolute atomic E-state index is 11.5. The van der Waals surface area contributed by atoms with E-state index in [0.717, 1.165) is 11.3 Å². The molecule has 0 amide bonds. The van der Waals surface area contributed by atoms with E-state index in [2.05, 4.69) is 9.72 Å². The molecule has 0 unspecified atom stereocenters. The highest BCUT2D eigenvalue weighted by atomic mass is 35.5. The number of halogens is 1. The van der Waals surface area contributed by atoms with Crippen LogP contribution in [0.3, 0.4) is 0 Å². The Bertz CT molecular complexity index is 706. The number of thiazole rings is 1. The van der Waals surface area contributed by atoms with Gasteiger partial charge < -0.3 is 9.47 Å². The third-order valence-corrected chi connectivity index (χ3v) is 3.97. The topological polar surface area (TPSA) is 72.2 Å². The van der Waals surface area contributed by atoms with Gasteiger partial charge in [0, 0.05) is 0 Å². The predicted octanol–water partition coefficient (Wildman–Crippen LogP) is 3.13. The van der Waals surface area contributed by atoms with Crippen LogP contribution in [0, 0.1) is 11.3 Å². The number of methoxy groups -OCH3 is 2. The molecule has 102 valence electrons. The number of ether oxygens (including phenoxy) is 2. The van der Waals surface area contributed by atoms with Crippen LogP contribution in [0.2, 0.25) is 5.15 Å². The van der Waals surface area contributed by atoms with Crippen LogP contribution in [-0.2, 0) is 4.74 Å². The number of rotatable bonds is 3. The molecule has 0 aliphatic rings. The second-order valence-corrected chi connectivity index (χ2v) is 5.01. The first-order valence-electron chi connectivity index (χ1n) is 5.43. The molecule has 0 N–H and O–H groups in total. The van der Waals surface area contributed by atoms with E-state index < -0.39 is 5.97 Å². The van der Waals surface area contributed by atoms with E-state index in [0.29, 0.717) is 21.9 Å². The largest absolute Gasteiger partial charge is 0.496 e. The molecule has 0 fully saturated rings. The monoisotopic (exact) mass is 308 g/mol. The lowest BCUT2D eigenvalue weighted by atomic mass is 10.1. The molecule has 0 aliphatic heterocycles. The minimum atomic E-state index is -0.547. The average molecular weight is 309 g/mol. The van der Waals surface area contributed by atoms with E-state index in [1.807, 2.05) is 6.07 Å². The zero-order valence-corrected chi connectivity index (χ0v) is 12.2. The third-order valence-electron chi connectivity index (χ3n) is 2.52. The van der Waals surface area contributed by atoms with Crippen molar-refractivity contribution < 1.29 is 14.3 Å². The van der Waals surface area contributed by atoms with Crippen molar-refractivity contribution in [3.63, 3.8) is 0 Å². The van der Waals surface area contributed by atoms with Gasteiger partial charge in [-0.05, 0) is 18.2 Å². The van der Waals surface area contributed by atoms with Crippen LogP contribution in [0.1, 0.15) is 15.2 Å². The zero-order valence-electron chi connectivity index (χ0n) is 10.6. The quantitative estimate of drug-likeness (QED) is 0.815. The Kier molecular flexibility index (Phi) is 4.23. The Hall–Kier alpha value is -2.10. The standard InChI is InChI=1S/C13H9ClN2O3S/c1-18-9-4-3-7(6-15)5-8(9)12-16-11(14)10(20-12)13(17)19-2/h3-5H,1-2H3. The van der Waals surface area contributed by atoms with E-state index in [-0.39, 0.29) is 10.0 Å². The van der Waals surface area contributed by atoms with Crippen LogP contribution in [0.25, 0.3) is 10.6 Å². The summed E-state index contributed by atoms with van der Waals surface area (Å²) in [7, 11) is 2.79. The molecule has 20 heavy (non-hydrogen) atoms. The van der Waals surface area contributed by atoms with Gasteiger partial charge in [-0.1, -0.05) is 11.6 Å². The summed E-state index contributed by atoms with van der Waals surface area (Å²) in [5.41, 5.74) is 1.07. The van der Waals surface area contributed by atoms with Crippen LogP contribution < -0.4 is 4.74 Å². The number of carbonyl (C=O) groups excluding carboxylic acids is 1. The Morgan fingerprint density at radius 2 is 2.20 bits per heavy atom. The SMILES string of the molecule is COC(=O)c1sc(-c2cc(C#N)ccc2OC)nc1Cl. The summed E-state index contributed by atoms with van der Waals surface area (Å²) in [6.45, 7) is 0. The van der Waals surface area contributed by atoms with Crippen molar-refractivity contribution in [2.24, 2.45) is 0 Å². The Balaban J connectivity index is 2.57. The molecule has 0 saturated carbocycles. The van der Waals surface area contributed by atoms with Gasteiger partial charge in [0.05, 0.1) is 31.4 Å². The van der Waals surface area contributed by atoms with E-state index in [1.54, 1.807) is 18.2 Å². The lowest BCUT2D eigenvalue weighted by molar-refractivity contribution is 0.0606. The highest BCUT2D eigenvalue weighted by molar-refractivity contribution is 7.17. The number of hydrogen-bond donors (Lipinski definition) is 0. The molecule has 1 heterocycles. The van der Waals surface area contributed by atoms with Crippen LogP contribution in [0.4, 0.5) is 0 Å². The molecule has 2 aromatic rings. The van der Waals surface area contributed by atoms with Gasteiger partial charge >= 0.3 is 5.97 Å². The molecule has 5 nitrogen and oxygen atoms in total. The first-order chi connectivity index (χ1) is 9.60. The van der Waals surface area contributed by atoms with Gasteiger partial charge in [0.25, 0.3) is 0 Å². The maximum atomic E-state index is 11.5.